The van der Waals surface area contributed by atoms with Crippen molar-refractivity contribution in [1.82, 2.24) is 5.32 Å². The van der Waals surface area contributed by atoms with Gasteiger partial charge in [0, 0.05) is 5.56 Å². The number of hydrogen-bond donors (Lipinski definition) is 2. The lowest BCUT2D eigenvalue weighted by Gasteiger charge is -2.16. The van der Waals surface area contributed by atoms with E-state index in [-0.39, 0.29) is 0 Å². The van der Waals surface area contributed by atoms with Gasteiger partial charge in [-0.15, -0.1) is 0 Å². The highest BCUT2D eigenvalue weighted by Gasteiger charge is 2.14. The first-order valence-electron chi connectivity index (χ1n) is 8.58. The molecule has 5 nitrogen and oxygen atoms in total. The van der Waals surface area contributed by atoms with Crippen LogP contribution in [0.1, 0.15) is 52.4 Å². The van der Waals surface area contributed by atoms with Crippen LogP contribution in [0.15, 0.2) is 30.3 Å². The molecule has 26 heavy (non-hydrogen) atoms. The molecule has 0 aliphatic rings. The molecule has 0 spiro atoms. The van der Waals surface area contributed by atoms with Gasteiger partial charge in [0.1, 0.15) is 18.0 Å². The molecule has 138 valence electrons. The van der Waals surface area contributed by atoms with Crippen LogP contribution in [0.3, 0.4) is 0 Å². The Kier molecular flexibility index (Phi) is 6.03. The molecule has 2 aromatic rings. The summed E-state index contributed by atoms with van der Waals surface area (Å²) >= 11 is 0. The average molecular weight is 355 g/mol. The monoisotopic (exact) mass is 355 g/mol. The molecule has 0 saturated heterocycles. The number of carboxylic acid groups (broad SMARTS) is 1. The summed E-state index contributed by atoms with van der Waals surface area (Å²) < 4.78 is 6.12. The molecule has 0 aliphatic carbocycles. The van der Waals surface area contributed by atoms with Crippen molar-refractivity contribution in [2.75, 3.05) is 6.54 Å². The Balaban J connectivity index is 2.29. The fraction of sp³-hybridized carbons (Fsp3) is 0.333. The van der Waals surface area contributed by atoms with Crippen LogP contribution < -0.4 is 10.1 Å². The van der Waals surface area contributed by atoms with Crippen LogP contribution in [-0.2, 0) is 4.79 Å². The minimum absolute atomic E-state index is 0.403. The van der Waals surface area contributed by atoms with Gasteiger partial charge in [0.25, 0.3) is 5.91 Å². The summed E-state index contributed by atoms with van der Waals surface area (Å²) in [6, 6.07) is 9.58. The first-order chi connectivity index (χ1) is 12.2. The molecule has 2 aromatic carbocycles. The van der Waals surface area contributed by atoms with E-state index < -0.39 is 18.4 Å². The van der Waals surface area contributed by atoms with Gasteiger partial charge in [0.05, 0.1) is 0 Å². The molecule has 0 heterocycles. The summed E-state index contributed by atoms with van der Waals surface area (Å²) in [7, 11) is 0. The molecule has 0 unspecified atom stereocenters. The van der Waals surface area contributed by atoms with Crippen molar-refractivity contribution >= 4 is 11.9 Å². The second-order valence-electron chi connectivity index (χ2n) is 6.85. The highest BCUT2D eigenvalue weighted by Crippen LogP contribution is 2.32. The van der Waals surface area contributed by atoms with E-state index in [1.807, 2.05) is 32.9 Å². The van der Waals surface area contributed by atoms with Crippen molar-refractivity contribution in [2.24, 2.45) is 0 Å². The van der Waals surface area contributed by atoms with E-state index >= 15 is 0 Å². The quantitative estimate of drug-likeness (QED) is 0.808. The zero-order valence-corrected chi connectivity index (χ0v) is 15.8. The molecule has 0 bridgehead atoms. The number of hydrogen-bond acceptors (Lipinski definition) is 3. The van der Waals surface area contributed by atoms with Crippen molar-refractivity contribution < 1.29 is 19.4 Å². The SMILES string of the molecule is Cc1cc(Oc2c(C)cc(C(=O)NCC(=O)O)cc2C)cc(C(C)C)c1. The van der Waals surface area contributed by atoms with Gasteiger partial charge in [-0.05, 0) is 73.2 Å². The predicted octanol–water partition coefficient (Wildman–Crippen LogP) is 4.34. The van der Waals surface area contributed by atoms with Gasteiger partial charge in [-0.2, -0.15) is 0 Å². The molecule has 2 rings (SSSR count). The Bertz CT molecular complexity index is 817. The fourth-order valence-electron chi connectivity index (χ4n) is 2.79. The lowest BCUT2D eigenvalue weighted by atomic mass is 10.0. The lowest BCUT2D eigenvalue weighted by molar-refractivity contribution is -0.135. The maximum atomic E-state index is 12.1. The number of aryl methyl sites for hydroxylation is 3. The van der Waals surface area contributed by atoms with Crippen molar-refractivity contribution in [2.45, 2.75) is 40.5 Å². The third-order valence-electron chi connectivity index (χ3n) is 4.08. The third kappa shape index (κ3) is 4.85. The minimum Gasteiger partial charge on any atom is -0.480 e. The number of benzene rings is 2. The standard InChI is InChI=1S/C21H25NO4/c1-12(2)16-6-13(3)7-18(10-16)26-20-14(4)8-17(9-15(20)5)21(25)22-11-19(23)24/h6-10,12H,11H2,1-5H3,(H,22,25)(H,23,24). The van der Waals surface area contributed by atoms with Crippen LogP contribution in [0, 0.1) is 20.8 Å². The summed E-state index contributed by atoms with van der Waals surface area (Å²) in [5.74, 6) is 0.387. The molecule has 0 fully saturated rings. The maximum absolute atomic E-state index is 12.1. The van der Waals surface area contributed by atoms with Crippen LogP contribution in [0.25, 0.3) is 0 Å². The number of carbonyl (C=O) groups excluding carboxylic acids is 1. The van der Waals surface area contributed by atoms with E-state index in [2.05, 4.69) is 25.2 Å². The average Bonchev–Trinajstić information content (AvgIpc) is 2.55. The highest BCUT2D eigenvalue weighted by atomic mass is 16.5. The van der Waals surface area contributed by atoms with Gasteiger partial charge in [-0.25, -0.2) is 0 Å². The molecule has 0 aromatic heterocycles. The number of carbonyl (C=O) groups is 2. The van der Waals surface area contributed by atoms with E-state index in [0.29, 0.717) is 17.2 Å². The molecule has 0 atom stereocenters. The summed E-state index contributed by atoms with van der Waals surface area (Å²) in [6.45, 7) is 9.65. The molecular weight excluding hydrogens is 330 g/mol. The zero-order valence-electron chi connectivity index (χ0n) is 15.8. The number of aliphatic carboxylic acids is 1. The van der Waals surface area contributed by atoms with Crippen molar-refractivity contribution in [3.8, 4) is 11.5 Å². The number of nitrogens with one attached hydrogen (secondary N) is 1. The Morgan fingerprint density at radius 1 is 1.04 bits per heavy atom. The van der Waals surface area contributed by atoms with Crippen LogP contribution in [0.4, 0.5) is 0 Å². The molecule has 2 N–H and O–H groups in total. The van der Waals surface area contributed by atoms with Gasteiger partial charge in [-0.3, -0.25) is 9.59 Å². The van der Waals surface area contributed by atoms with Gasteiger partial charge in [0.15, 0.2) is 0 Å². The third-order valence-corrected chi connectivity index (χ3v) is 4.08. The summed E-state index contributed by atoms with van der Waals surface area (Å²) in [4.78, 5) is 22.7. The minimum atomic E-state index is -1.08. The fourth-order valence-corrected chi connectivity index (χ4v) is 2.79. The molecule has 1 amide bonds. The van der Waals surface area contributed by atoms with Crippen molar-refractivity contribution in [3.63, 3.8) is 0 Å². The second-order valence-corrected chi connectivity index (χ2v) is 6.85. The van der Waals surface area contributed by atoms with Gasteiger partial charge in [0.2, 0.25) is 0 Å². The first kappa shape index (κ1) is 19.5. The van der Waals surface area contributed by atoms with Crippen LogP contribution in [0.2, 0.25) is 0 Å². The zero-order chi connectivity index (χ0) is 19.4. The Morgan fingerprint density at radius 2 is 1.65 bits per heavy atom. The molecule has 5 heteroatoms. The normalized spacial score (nSPS) is 10.7. The van der Waals surface area contributed by atoms with Gasteiger partial charge >= 0.3 is 5.97 Å². The van der Waals surface area contributed by atoms with E-state index in [1.165, 1.54) is 5.56 Å². The summed E-state index contributed by atoms with van der Waals surface area (Å²) in [5, 5.41) is 11.0. The molecule has 0 aliphatic heterocycles. The topological polar surface area (TPSA) is 75.6 Å². The van der Waals surface area contributed by atoms with Gasteiger partial charge < -0.3 is 15.2 Å². The number of carboxylic acids is 1. The first-order valence-corrected chi connectivity index (χ1v) is 8.58. The maximum Gasteiger partial charge on any atom is 0.322 e. The highest BCUT2D eigenvalue weighted by molar-refractivity contribution is 5.96. The van der Waals surface area contributed by atoms with Crippen molar-refractivity contribution in [1.29, 1.82) is 0 Å². The van der Waals surface area contributed by atoms with E-state index in [1.54, 1.807) is 12.1 Å². The largest absolute Gasteiger partial charge is 0.480 e. The number of amides is 1. The van der Waals surface area contributed by atoms with E-state index in [0.717, 1.165) is 22.4 Å². The summed E-state index contributed by atoms with van der Waals surface area (Å²) in [6.07, 6.45) is 0. The van der Waals surface area contributed by atoms with Gasteiger partial charge in [-0.1, -0.05) is 19.9 Å². The second kappa shape index (κ2) is 8.04. The van der Waals surface area contributed by atoms with E-state index in [4.69, 9.17) is 9.84 Å². The van der Waals surface area contributed by atoms with Crippen molar-refractivity contribution in [3.05, 3.63) is 58.1 Å². The molecule has 0 saturated carbocycles. The number of ether oxygens (including phenoxy) is 1. The Labute approximate surface area is 154 Å². The lowest BCUT2D eigenvalue weighted by Crippen LogP contribution is -2.29. The van der Waals surface area contributed by atoms with Crippen LogP contribution in [0.5, 0.6) is 11.5 Å². The predicted molar refractivity (Wildman–Crippen MR) is 101 cm³/mol. The van der Waals surface area contributed by atoms with E-state index in [9.17, 15) is 9.59 Å². The summed E-state index contributed by atoms with van der Waals surface area (Å²) in [5.41, 5.74) is 4.39. The molecular formula is C21H25NO4. The Hall–Kier alpha value is -2.82. The van der Waals surface area contributed by atoms with Crippen LogP contribution in [-0.4, -0.2) is 23.5 Å². The smallest absolute Gasteiger partial charge is 0.322 e. The molecule has 0 radical (unpaired) electrons. The van der Waals surface area contributed by atoms with Crippen LogP contribution >= 0.6 is 0 Å². The Morgan fingerprint density at radius 3 is 2.19 bits per heavy atom. The number of rotatable bonds is 6.